The number of ether oxygens (including phenoxy) is 1. The summed E-state index contributed by atoms with van der Waals surface area (Å²) in [5.41, 5.74) is 7.36. The van der Waals surface area contributed by atoms with E-state index in [4.69, 9.17) is 10.8 Å². The van der Waals surface area contributed by atoms with Crippen LogP contribution in [0, 0.1) is 5.92 Å². The van der Waals surface area contributed by atoms with Crippen LogP contribution in [0.25, 0.3) is 0 Å². The van der Waals surface area contributed by atoms with Crippen LogP contribution >= 0.6 is 0 Å². The van der Waals surface area contributed by atoms with Crippen LogP contribution in [-0.4, -0.2) is 31.1 Å². The first-order valence-corrected chi connectivity index (χ1v) is 7.59. The van der Waals surface area contributed by atoms with Crippen molar-refractivity contribution in [2.24, 2.45) is 5.92 Å². The van der Waals surface area contributed by atoms with E-state index in [9.17, 15) is 9.59 Å². The van der Waals surface area contributed by atoms with Crippen molar-refractivity contribution in [2.75, 3.05) is 19.5 Å². The molecule has 128 valence electrons. The number of methoxy groups -OCH3 is 1. The SMILES string of the molecule is C/C(=C/CCC(C)CC=O)CO.COC(=O)c1ccccc1N. The van der Waals surface area contributed by atoms with Crippen LogP contribution in [0.15, 0.2) is 35.9 Å². The van der Waals surface area contributed by atoms with Crippen LogP contribution < -0.4 is 5.73 Å². The van der Waals surface area contributed by atoms with Crippen molar-refractivity contribution in [1.82, 2.24) is 0 Å². The highest BCUT2D eigenvalue weighted by molar-refractivity contribution is 5.94. The number of carbonyl (C=O) groups is 2. The zero-order chi connectivity index (χ0) is 17.7. The van der Waals surface area contributed by atoms with Gasteiger partial charge >= 0.3 is 5.97 Å². The third-order valence-corrected chi connectivity index (χ3v) is 3.27. The van der Waals surface area contributed by atoms with Crippen molar-refractivity contribution in [2.45, 2.75) is 33.1 Å². The Morgan fingerprint density at radius 1 is 1.39 bits per heavy atom. The summed E-state index contributed by atoms with van der Waals surface area (Å²) in [6.07, 6.45) is 5.62. The van der Waals surface area contributed by atoms with Gasteiger partial charge in [-0.2, -0.15) is 0 Å². The lowest BCUT2D eigenvalue weighted by Crippen LogP contribution is -2.04. The predicted octanol–water partition coefficient (Wildman–Crippen LogP) is 2.99. The van der Waals surface area contributed by atoms with Gasteiger partial charge in [-0.25, -0.2) is 4.79 Å². The highest BCUT2D eigenvalue weighted by atomic mass is 16.5. The van der Waals surface area contributed by atoms with E-state index in [0.717, 1.165) is 24.7 Å². The Morgan fingerprint density at radius 2 is 2.04 bits per heavy atom. The fraction of sp³-hybridized carbons (Fsp3) is 0.444. The second kappa shape index (κ2) is 12.4. The molecule has 0 aromatic heterocycles. The topological polar surface area (TPSA) is 89.6 Å². The van der Waals surface area contributed by atoms with E-state index in [1.807, 2.05) is 13.0 Å². The smallest absolute Gasteiger partial charge is 0.339 e. The number of carbonyl (C=O) groups excluding carboxylic acids is 2. The monoisotopic (exact) mass is 321 g/mol. The van der Waals surface area contributed by atoms with Crippen LogP contribution in [0.1, 0.15) is 43.5 Å². The van der Waals surface area contributed by atoms with Gasteiger partial charge < -0.3 is 20.4 Å². The summed E-state index contributed by atoms with van der Waals surface area (Å²) in [5, 5.41) is 8.68. The van der Waals surface area contributed by atoms with E-state index >= 15 is 0 Å². The number of aliphatic hydroxyl groups excluding tert-OH is 1. The maximum atomic E-state index is 10.9. The molecular formula is C18H27NO4. The molecular weight excluding hydrogens is 294 g/mol. The quantitative estimate of drug-likeness (QED) is 0.349. The van der Waals surface area contributed by atoms with E-state index in [1.54, 1.807) is 24.3 Å². The molecule has 0 radical (unpaired) electrons. The number of nitrogens with two attached hydrogens (primary N) is 1. The number of anilines is 1. The molecule has 0 amide bonds. The van der Waals surface area contributed by atoms with Gasteiger partial charge in [0.05, 0.1) is 19.3 Å². The van der Waals surface area contributed by atoms with Gasteiger partial charge in [0.25, 0.3) is 0 Å². The summed E-state index contributed by atoms with van der Waals surface area (Å²) in [5.74, 6) is 0.0633. The molecule has 0 heterocycles. The molecule has 5 nitrogen and oxygen atoms in total. The van der Waals surface area contributed by atoms with Crippen molar-refractivity contribution in [3.05, 3.63) is 41.5 Å². The maximum Gasteiger partial charge on any atom is 0.339 e. The molecule has 1 aromatic rings. The Morgan fingerprint density at radius 3 is 2.57 bits per heavy atom. The molecule has 0 saturated carbocycles. The minimum atomic E-state index is -0.400. The Bertz CT molecular complexity index is 511. The summed E-state index contributed by atoms with van der Waals surface area (Å²) in [6, 6.07) is 6.79. The molecule has 3 N–H and O–H groups in total. The number of aliphatic hydroxyl groups is 1. The van der Waals surface area contributed by atoms with Gasteiger partial charge in [0.15, 0.2) is 0 Å². The van der Waals surface area contributed by atoms with Gasteiger partial charge in [0.2, 0.25) is 0 Å². The van der Waals surface area contributed by atoms with Crippen LogP contribution in [-0.2, 0) is 9.53 Å². The first-order valence-electron chi connectivity index (χ1n) is 7.59. The fourth-order valence-electron chi connectivity index (χ4n) is 1.75. The van der Waals surface area contributed by atoms with Crippen LogP contribution in [0.5, 0.6) is 0 Å². The summed E-state index contributed by atoms with van der Waals surface area (Å²) in [6.45, 7) is 4.11. The minimum absolute atomic E-state index is 0.141. The molecule has 1 atom stereocenters. The molecule has 5 heteroatoms. The number of allylic oxidation sites excluding steroid dienone is 1. The van der Waals surface area contributed by atoms with Gasteiger partial charge in [-0.15, -0.1) is 0 Å². The highest BCUT2D eigenvalue weighted by Crippen LogP contribution is 2.11. The largest absolute Gasteiger partial charge is 0.465 e. The lowest BCUT2D eigenvalue weighted by molar-refractivity contribution is -0.108. The number of benzene rings is 1. The average molecular weight is 321 g/mol. The first kappa shape index (κ1) is 20.9. The van der Waals surface area contributed by atoms with Crippen molar-refractivity contribution >= 4 is 17.9 Å². The Kier molecular flexibility index (Phi) is 11.3. The predicted molar refractivity (Wildman–Crippen MR) is 92.1 cm³/mol. The normalized spacial score (nSPS) is 11.9. The van der Waals surface area contributed by atoms with Crippen molar-refractivity contribution in [3.63, 3.8) is 0 Å². The van der Waals surface area contributed by atoms with E-state index in [2.05, 4.69) is 11.7 Å². The van der Waals surface area contributed by atoms with E-state index in [-0.39, 0.29) is 6.61 Å². The molecule has 0 aliphatic carbocycles. The van der Waals surface area contributed by atoms with E-state index in [1.165, 1.54) is 7.11 Å². The molecule has 0 saturated heterocycles. The van der Waals surface area contributed by atoms with Crippen LogP contribution in [0.4, 0.5) is 5.69 Å². The molecule has 23 heavy (non-hydrogen) atoms. The fourth-order valence-corrected chi connectivity index (χ4v) is 1.75. The standard InChI is InChI=1S/C10H18O2.C8H9NO2/c1-9(6-7-11)4-3-5-10(2)8-12;1-11-8(10)6-4-2-3-5-7(6)9/h5,7,9,12H,3-4,6,8H2,1-2H3;2-5H,9H2,1H3/b10-5-;. The number of hydrogen-bond donors (Lipinski definition) is 2. The Labute approximate surface area is 138 Å². The molecule has 0 aliphatic rings. The van der Waals surface area contributed by atoms with Gasteiger partial charge in [-0.05, 0) is 37.8 Å². The van der Waals surface area contributed by atoms with Crippen LogP contribution in [0.3, 0.4) is 0 Å². The summed E-state index contributed by atoms with van der Waals surface area (Å²) in [4.78, 5) is 21.0. The third-order valence-electron chi connectivity index (χ3n) is 3.27. The van der Waals surface area contributed by atoms with E-state index in [0.29, 0.717) is 23.6 Å². The van der Waals surface area contributed by atoms with Gasteiger partial charge in [-0.1, -0.05) is 30.7 Å². The summed E-state index contributed by atoms with van der Waals surface area (Å²) in [7, 11) is 1.33. The number of para-hydroxylation sites is 1. The Balaban J connectivity index is 0.000000422. The minimum Gasteiger partial charge on any atom is -0.465 e. The number of nitrogen functional groups attached to an aromatic ring is 1. The second-order valence-electron chi connectivity index (χ2n) is 5.37. The number of esters is 1. The number of aldehydes is 1. The molecule has 1 rings (SSSR count). The summed E-state index contributed by atoms with van der Waals surface area (Å²) >= 11 is 0. The molecule has 1 unspecified atom stereocenters. The first-order chi connectivity index (χ1) is 11.0. The average Bonchev–Trinajstić information content (AvgIpc) is 2.55. The Hall–Kier alpha value is -2.14. The molecule has 1 aromatic carbocycles. The van der Waals surface area contributed by atoms with E-state index < -0.39 is 5.97 Å². The van der Waals surface area contributed by atoms with Crippen LogP contribution in [0.2, 0.25) is 0 Å². The lowest BCUT2D eigenvalue weighted by Gasteiger charge is -2.04. The summed E-state index contributed by atoms with van der Waals surface area (Å²) < 4.78 is 4.50. The zero-order valence-corrected chi connectivity index (χ0v) is 14.1. The van der Waals surface area contributed by atoms with Crippen molar-refractivity contribution in [1.29, 1.82) is 0 Å². The van der Waals surface area contributed by atoms with Gasteiger partial charge in [0.1, 0.15) is 6.29 Å². The highest BCUT2D eigenvalue weighted by Gasteiger charge is 2.06. The van der Waals surface area contributed by atoms with Gasteiger partial charge in [0, 0.05) is 12.1 Å². The lowest BCUT2D eigenvalue weighted by atomic mass is 10.0. The van der Waals surface area contributed by atoms with Crippen molar-refractivity contribution < 1.29 is 19.4 Å². The zero-order valence-electron chi connectivity index (χ0n) is 14.1. The molecule has 0 bridgehead atoms. The molecule has 0 spiro atoms. The number of rotatable bonds is 7. The molecule has 0 fully saturated rings. The maximum absolute atomic E-state index is 10.9. The van der Waals surface area contributed by atoms with Crippen molar-refractivity contribution in [3.8, 4) is 0 Å². The molecule has 0 aliphatic heterocycles. The third kappa shape index (κ3) is 9.47. The number of hydrogen-bond acceptors (Lipinski definition) is 5. The second-order valence-corrected chi connectivity index (χ2v) is 5.37. The van der Waals surface area contributed by atoms with Gasteiger partial charge in [-0.3, -0.25) is 0 Å².